The third-order valence-corrected chi connectivity index (χ3v) is 13.2. The normalized spacial score (nSPS) is 16.5. The summed E-state index contributed by atoms with van der Waals surface area (Å²) in [5.41, 5.74) is 7.50. The molecule has 0 saturated carbocycles. The first-order chi connectivity index (χ1) is 56.5. The SMILES string of the molecule is CO.CO.CS(=O)(=O)O.Cc1ccc(-c2[c-]cccc2)nc1.[2H]C([2H])([2H])c1ccc(-c2[c-]cccc2)nc1.[2H]C([2H])([2H])c1ccc(-c2[c-]cccc2)nc1.[2H]C([2H])([2H])c1ccc2c(n1)oc1c(-c3cc(C([2H])([2H])[2H])c(C([2H])(C)C([2H])([2H])[2H])cn3)[c-]ccc12.[2H]C([2H])([2H])c1ccc2c(n1)oc1c(-c3cc(C([2H])([2H])[2H])c(C([2H])(C)C([2H])([2H])[2H])cn3)cccc12.[Ir].[Ir]. The number of fused-ring (bicyclic) bond motifs is 6. The van der Waals surface area contributed by atoms with E-state index in [1.54, 1.807) is 78.9 Å². The quantitative estimate of drug-likeness (QED) is 0.100. The molecule has 2 radical (unpaired) electrons. The fraction of sp³-hybridized carbons (Fsp3) is 0.198. The molecule has 0 amide bonds. The van der Waals surface area contributed by atoms with Gasteiger partial charge in [-0.25, -0.2) is 9.97 Å². The fourth-order valence-electron chi connectivity index (χ4n) is 8.88. The Morgan fingerprint density at radius 2 is 0.878 bits per heavy atom. The molecule has 17 heteroatoms. The van der Waals surface area contributed by atoms with Crippen molar-refractivity contribution in [3.05, 3.63) is 282 Å². The first-order valence-electron chi connectivity index (χ1n) is 41.7. The van der Waals surface area contributed by atoms with Crippen LogP contribution >= 0.6 is 0 Å². The summed E-state index contributed by atoms with van der Waals surface area (Å²) in [5.74, 6) is -4.39. The number of furan rings is 2. The van der Waals surface area contributed by atoms with E-state index >= 15 is 0 Å². The van der Waals surface area contributed by atoms with Gasteiger partial charge in [0.25, 0.3) is 10.1 Å². The van der Waals surface area contributed by atoms with Gasteiger partial charge in [-0.15, -0.1) is 126 Å². The van der Waals surface area contributed by atoms with Crippen LogP contribution in [0.4, 0.5) is 0 Å². The fourth-order valence-corrected chi connectivity index (χ4v) is 8.88. The van der Waals surface area contributed by atoms with Crippen molar-refractivity contribution in [2.75, 3.05) is 20.5 Å². The van der Waals surface area contributed by atoms with Crippen LogP contribution in [0, 0.1) is 72.3 Å². The molecule has 3 N–H and O–H groups in total. The van der Waals surface area contributed by atoms with Crippen LogP contribution in [0.15, 0.2) is 216 Å². The number of aliphatic hydroxyl groups is 2. The van der Waals surface area contributed by atoms with E-state index in [-0.39, 0.29) is 113 Å². The number of hydrogen-bond acceptors (Lipinski definition) is 13. The number of para-hydroxylation sites is 1. The Morgan fingerprint density at radius 3 is 1.29 bits per heavy atom. The van der Waals surface area contributed by atoms with Gasteiger partial charge in [0, 0.05) is 154 Å². The van der Waals surface area contributed by atoms with Crippen LogP contribution in [0.25, 0.3) is 100 Å². The summed E-state index contributed by atoms with van der Waals surface area (Å²) >= 11 is 0. The predicted molar refractivity (Wildman–Crippen MR) is 389 cm³/mol. The van der Waals surface area contributed by atoms with Gasteiger partial charge >= 0.3 is 0 Å². The van der Waals surface area contributed by atoms with Crippen molar-refractivity contribution in [3.8, 4) is 56.3 Å². The summed E-state index contributed by atoms with van der Waals surface area (Å²) in [6.45, 7) is -15.7. The van der Waals surface area contributed by atoms with Crippen molar-refractivity contribution in [2.45, 2.75) is 87.4 Å². The van der Waals surface area contributed by atoms with E-state index in [4.69, 9.17) is 59.2 Å². The standard InChI is InChI=1S/C21H20N2O.C21H19N2O.3C12H10N.CH4O3S.2CH4O.2Ir/c2*1-12(2)18-11-22-19(10-13(18)3)17-7-5-6-15-16-9-8-14(4)23-21(16)24-20(15)17;3*1-10-7-8-12(13-9-10)11-5-3-2-4-6-11;1-5(2,3)4;2*1-2;;/h5-12H,1-4H3;5-6,8-12H,1-4H3;3*2-5,7-9H,1H3;1H3,(H,2,3,4);2*2H,1H3;;/q;4*-1;;;;;/i2*1D3,3D3,4D3,12D;2*1D3;;;;;;. The summed E-state index contributed by atoms with van der Waals surface area (Å²) in [7, 11) is -1.67. The van der Waals surface area contributed by atoms with Crippen LogP contribution in [-0.4, -0.2) is 78.5 Å². The molecule has 0 aliphatic rings. The first kappa shape index (κ1) is 48.6. The molecule has 2 atom stereocenters. The van der Waals surface area contributed by atoms with E-state index in [0.717, 1.165) is 74.2 Å². The van der Waals surface area contributed by atoms with Crippen LogP contribution in [-0.2, 0) is 50.3 Å². The molecule has 0 saturated heterocycles. The predicted octanol–water partition coefficient (Wildman–Crippen LogP) is 18.7. The van der Waals surface area contributed by atoms with Crippen molar-refractivity contribution >= 4 is 54.3 Å². The number of hydrogen-bond donors (Lipinski definition) is 3. The number of benzene rings is 5. The zero-order valence-electron chi connectivity index (χ0n) is 79.3. The van der Waals surface area contributed by atoms with Gasteiger partial charge in [-0.1, -0.05) is 98.7 Å². The maximum atomic E-state index is 9.19. The molecule has 0 spiro atoms. The van der Waals surface area contributed by atoms with Crippen molar-refractivity contribution < 1.29 is 108 Å². The van der Waals surface area contributed by atoms with Crippen LogP contribution in [0.2, 0.25) is 0 Å². The van der Waals surface area contributed by atoms with Crippen molar-refractivity contribution in [1.29, 1.82) is 0 Å². The van der Waals surface area contributed by atoms with E-state index in [0.29, 0.717) is 44.5 Å². The Bertz CT molecular complexity index is 5620. The number of aromatic nitrogens is 7. The van der Waals surface area contributed by atoms with Gasteiger partial charge < -0.3 is 39.0 Å². The molecule has 9 aromatic heterocycles. The van der Waals surface area contributed by atoms with Gasteiger partial charge in [0.2, 0.25) is 11.4 Å². The molecular weight excluding hydrogens is 1600 g/mol. The minimum atomic E-state index is -3.67. The monoisotopic (exact) mass is 1710 g/mol. The van der Waals surface area contributed by atoms with Crippen LogP contribution < -0.4 is 0 Å². The minimum Gasteiger partial charge on any atom is -0.486 e. The van der Waals surface area contributed by atoms with Gasteiger partial charge in [-0.3, -0.25) is 9.54 Å². The molecule has 9 heterocycles. The number of nitrogens with zero attached hydrogens (tertiary/aromatic N) is 7. The van der Waals surface area contributed by atoms with Gasteiger partial charge in [-0.05, 0) is 152 Å². The zero-order valence-corrected chi connectivity index (χ0v) is 58.9. The van der Waals surface area contributed by atoms with E-state index in [2.05, 4.69) is 65.2 Å². The number of aliphatic hydroxyl groups excluding tert-OH is 2. The second kappa shape index (κ2) is 38.7. The van der Waals surface area contributed by atoms with E-state index in [1.165, 1.54) is 42.2 Å². The maximum absolute atomic E-state index is 9.19. The maximum Gasteiger partial charge on any atom is 0.261 e. The Kier molecular flexibility index (Phi) is 19.2. The average molecular weight is 1710 g/mol. The third-order valence-electron chi connectivity index (χ3n) is 13.2. The van der Waals surface area contributed by atoms with Gasteiger partial charge in [-0.2, -0.15) is 8.42 Å². The van der Waals surface area contributed by atoms with Crippen LogP contribution in [0.3, 0.4) is 0 Å². The van der Waals surface area contributed by atoms with Crippen molar-refractivity contribution in [3.63, 3.8) is 0 Å². The Labute approximate surface area is 639 Å². The summed E-state index contributed by atoms with van der Waals surface area (Å²) in [5, 5.41) is 16.4. The molecule has 14 nitrogen and oxygen atoms in total. The van der Waals surface area contributed by atoms with E-state index < -0.39 is 76.7 Å². The summed E-state index contributed by atoms with van der Waals surface area (Å²) in [6.07, 6.45) is 7.58. The largest absolute Gasteiger partial charge is 0.486 e. The smallest absolute Gasteiger partial charge is 0.261 e. The van der Waals surface area contributed by atoms with E-state index in [9.17, 15) is 8.42 Å². The second-order valence-corrected chi connectivity index (χ2v) is 21.7. The first-order valence-corrected chi connectivity index (χ1v) is 30.6. The van der Waals surface area contributed by atoms with Crippen molar-refractivity contribution in [2.24, 2.45) is 0 Å². The van der Waals surface area contributed by atoms with Crippen LogP contribution in [0.1, 0.15) is 125 Å². The Morgan fingerprint density at radius 1 is 0.449 bits per heavy atom. The van der Waals surface area contributed by atoms with Gasteiger partial charge in [0.1, 0.15) is 5.58 Å². The average Bonchev–Trinajstić information content (AvgIpc) is 1.26. The molecule has 0 fully saturated rings. The van der Waals surface area contributed by atoms with Gasteiger partial charge in [0.15, 0.2) is 0 Å². The minimum absolute atomic E-state index is 0. The van der Waals surface area contributed by atoms with Gasteiger partial charge in [0.05, 0.1) is 17.5 Å². The molecule has 0 bridgehead atoms. The molecule has 5 aromatic carbocycles. The summed E-state index contributed by atoms with van der Waals surface area (Å²) in [6, 6.07) is 62.5. The second-order valence-electron chi connectivity index (χ2n) is 20.2. The molecule has 0 aliphatic heterocycles. The molecule has 98 heavy (non-hydrogen) atoms. The molecule has 0 aliphatic carbocycles. The molecular formula is C81H81Ir2N7O7S-4. The number of pyridine rings is 7. The third kappa shape index (κ3) is 22.5. The zero-order chi connectivity index (χ0) is 91.3. The van der Waals surface area contributed by atoms with Crippen LogP contribution in [0.5, 0.6) is 0 Å². The summed E-state index contributed by atoms with van der Waals surface area (Å²) in [4.78, 5) is 29.3. The van der Waals surface area contributed by atoms with Crippen molar-refractivity contribution in [1.82, 2.24) is 34.9 Å². The summed E-state index contributed by atoms with van der Waals surface area (Å²) < 4.78 is 237. The molecule has 14 aromatic rings. The number of aryl methyl sites for hydroxylation is 7. The molecule has 2 unspecified atom stereocenters. The Hall–Kier alpha value is -9.12. The number of rotatable bonds is 7. The topological polar surface area (TPSA) is 211 Å². The Balaban J connectivity index is 0.000000280. The van der Waals surface area contributed by atoms with E-state index in [1.807, 2.05) is 79.9 Å². The molecule has 14 rings (SSSR count). The molecule has 510 valence electrons.